The van der Waals surface area contributed by atoms with Crippen LogP contribution in [0, 0.1) is 10.8 Å². The number of carbonyl (C=O) groups is 3. The van der Waals surface area contributed by atoms with E-state index in [-0.39, 0.29) is 22.4 Å². The number of methoxy groups -OCH3 is 1. The van der Waals surface area contributed by atoms with E-state index in [0.717, 1.165) is 19.1 Å². The topological polar surface area (TPSA) is 60.4 Å². The number of hydrogen-bond acceptors (Lipinski definition) is 4. The van der Waals surface area contributed by atoms with Crippen LogP contribution in [0.1, 0.15) is 79.1 Å². The molecule has 0 spiro atoms. The summed E-state index contributed by atoms with van der Waals surface area (Å²) in [5.74, 6) is 0.416. The molecule has 0 aliphatic carbocycles. The van der Waals surface area contributed by atoms with Crippen LogP contribution in [-0.2, 0) is 19.1 Å². The molecule has 0 heterocycles. The smallest absolute Gasteiger partial charge is 0.132 e. The van der Waals surface area contributed by atoms with Gasteiger partial charge in [-0.2, -0.15) is 0 Å². The van der Waals surface area contributed by atoms with Crippen LogP contribution in [0.2, 0.25) is 0 Å². The minimum atomic E-state index is -0.111. The molecule has 0 N–H and O–H groups in total. The molecule has 0 aliphatic heterocycles. The summed E-state index contributed by atoms with van der Waals surface area (Å²) in [7, 11) is 1.67. The molecule has 134 valence electrons. The summed E-state index contributed by atoms with van der Waals surface area (Å²) in [6, 6.07) is 0. The molecule has 0 atom stereocenters. The Morgan fingerprint density at radius 2 is 1.35 bits per heavy atom. The number of aldehydes is 1. The normalized spacial score (nSPS) is 12.2. The van der Waals surface area contributed by atoms with Crippen LogP contribution in [0.15, 0.2) is 0 Å². The van der Waals surface area contributed by atoms with Crippen LogP contribution in [0.3, 0.4) is 0 Å². The first-order chi connectivity index (χ1) is 10.6. The molecule has 0 radical (unpaired) electrons. The van der Waals surface area contributed by atoms with Gasteiger partial charge in [-0.1, -0.05) is 27.7 Å². The van der Waals surface area contributed by atoms with Crippen molar-refractivity contribution in [1.82, 2.24) is 0 Å². The zero-order chi connectivity index (χ0) is 17.9. The van der Waals surface area contributed by atoms with Crippen LogP contribution < -0.4 is 0 Å². The van der Waals surface area contributed by atoms with Gasteiger partial charge < -0.3 is 9.53 Å². The maximum absolute atomic E-state index is 11.9. The fourth-order valence-electron chi connectivity index (χ4n) is 2.48. The van der Waals surface area contributed by atoms with Crippen LogP contribution in [0.4, 0.5) is 0 Å². The summed E-state index contributed by atoms with van der Waals surface area (Å²) < 4.78 is 5.15. The van der Waals surface area contributed by atoms with Gasteiger partial charge in [0, 0.05) is 39.2 Å². The molecule has 0 unspecified atom stereocenters. The van der Waals surface area contributed by atoms with Gasteiger partial charge in [0.05, 0.1) is 6.61 Å². The molecular weight excluding hydrogens is 292 g/mol. The molecule has 0 aromatic heterocycles. The highest BCUT2D eigenvalue weighted by Gasteiger charge is 2.20. The molecule has 0 aliphatic rings. The lowest BCUT2D eigenvalue weighted by molar-refractivity contribution is -0.121. The number of ether oxygens (including phenoxy) is 1. The lowest BCUT2D eigenvalue weighted by Gasteiger charge is -2.22. The molecule has 0 aromatic rings. The predicted octanol–water partition coefficient (Wildman–Crippen LogP) is 4.14. The third-order valence-electron chi connectivity index (χ3n) is 4.24. The van der Waals surface area contributed by atoms with E-state index in [4.69, 9.17) is 4.74 Å². The molecule has 0 saturated heterocycles. The molecule has 0 aromatic carbocycles. The van der Waals surface area contributed by atoms with E-state index in [1.165, 1.54) is 0 Å². The second-order valence-corrected chi connectivity index (χ2v) is 8.06. The summed E-state index contributed by atoms with van der Waals surface area (Å²) in [6.07, 6.45) is 5.56. The molecule has 0 fully saturated rings. The Kier molecular flexibility index (Phi) is 10.2. The van der Waals surface area contributed by atoms with E-state index in [1.807, 2.05) is 13.8 Å². The van der Waals surface area contributed by atoms with Crippen molar-refractivity contribution in [3.05, 3.63) is 0 Å². The van der Waals surface area contributed by atoms with Gasteiger partial charge in [-0.3, -0.25) is 9.59 Å². The zero-order valence-electron chi connectivity index (χ0n) is 15.6. The van der Waals surface area contributed by atoms with Gasteiger partial charge in [0.1, 0.15) is 17.9 Å². The molecule has 4 heteroatoms. The molecule has 23 heavy (non-hydrogen) atoms. The van der Waals surface area contributed by atoms with Crippen molar-refractivity contribution >= 4 is 17.9 Å². The van der Waals surface area contributed by atoms with Crippen LogP contribution in [-0.4, -0.2) is 31.6 Å². The van der Waals surface area contributed by atoms with E-state index in [9.17, 15) is 14.4 Å². The largest absolute Gasteiger partial charge is 0.384 e. The van der Waals surface area contributed by atoms with Gasteiger partial charge in [0.25, 0.3) is 0 Å². The van der Waals surface area contributed by atoms with Crippen molar-refractivity contribution in [3.8, 4) is 0 Å². The van der Waals surface area contributed by atoms with Gasteiger partial charge in [-0.05, 0) is 30.1 Å². The molecule has 0 saturated carbocycles. The third kappa shape index (κ3) is 12.1. The van der Waals surface area contributed by atoms with E-state index in [0.29, 0.717) is 45.1 Å². The van der Waals surface area contributed by atoms with E-state index < -0.39 is 0 Å². The SMILES string of the molecule is COCC(C)(C)CCC(=O)CCCC(=O)CCC(C)(C)CC=O. The first-order valence-corrected chi connectivity index (χ1v) is 8.58. The molecule has 0 rings (SSSR count). The average molecular weight is 326 g/mol. The Labute approximate surface area is 141 Å². The van der Waals surface area contributed by atoms with Crippen molar-refractivity contribution in [1.29, 1.82) is 0 Å². The van der Waals surface area contributed by atoms with E-state index in [1.54, 1.807) is 7.11 Å². The van der Waals surface area contributed by atoms with Crippen molar-refractivity contribution in [2.45, 2.75) is 79.1 Å². The number of Topliss-reactive ketones (excluding diaryl/α,β-unsaturated/α-hetero) is 2. The van der Waals surface area contributed by atoms with Crippen molar-refractivity contribution in [2.75, 3.05) is 13.7 Å². The zero-order valence-corrected chi connectivity index (χ0v) is 15.6. The maximum atomic E-state index is 11.9. The van der Waals surface area contributed by atoms with Gasteiger partial charge >= 0.3 is 0 Å². The van der Waals surface area contributed by atoms with Crippen molar-refractivity contribution < 1.29 is 19.1 Å². The lowest BCUT2D eigenvalue weighted by atomic mass is 9.84. The third-order valence-corrected chi connectivity index (χ3v) is 4.24. The second kappa shape index (κ2) is 10.7. The predicted molar refractivity (Wildman–Crippen MR) is 92.5 cm³/mol. The molecular formula is C19H34O4. The van der Waals surface area contributed by atoms with Crippen LogP contribution >= 0.6 is 0 Å². The maximum Gasteiger partial charge on any atom is 0.132 e. The summed E-state index contributed by atoms with van der Waals surface area (Å²) in [4.78, 5) is 34.3. The molecule has 0 bridgehead atoms. The summed E-state index contributed by atoms with van der Waals surface area (Å²) >= 11 is 0. The number of carbonyl (C=O) groups excluding carboxylic acids is 3. The van der Waals surface area contributed by atoms with Crippen LogP contribution in [0.25, 0.3) is 0 Å². The Hall–Kier alpha value is -1.03. The highest BCUT2D eigenvalue weighted by atomic mass is 16.5. The highest BCUT2D eigenvalue weighted by Crippen LogP contribution is 2.26. The summed E-state index contributed by atoms with van der Waals surface area (Å²) in [5, 5.41) is 0. The highest BCUT2D eigenvalue weighted by molar-refractivity contribution is 5.81. The summed E-state index contributed by atoms with van der Waals surface area (Å²) in [5.41, 5.74) is -0.0927. The van der Waals surface area contributed by atoms with E-state index in [2.05, 4.69) is 13.8 Å². The minimum absolute atomic E-state index is 0.0182. The molecule has 0 amide bonds. The van der Waals surface area contributed by atoms with Gasteiger partial charge in [-0.25, -0.2) is 0 Å². The lowest BCUT2D eigenvalue weighted by Crippen LogP contribution is -2.19. The average Bonchev–Trinajstić information content (AvgIpc) is 2.43. The van der Waals surface area contributed by atoms with Crippen molar-refractivity contribution in [2.24, 2.45) is 10.8 Å². The first-order valence-electron chi connectivity index (χ1n) is 8.58. The standard InChI is InChI=1S/C19H34O4/c1-18(2,13-14-20)11-9-16(21)7-6-8-17(22)10-12-19(3,4)15-23-5/h14H,6-13,15H2,1-5H3. The summed E-state index contributed by atoms with van der Waals surface area (Å²) in [6.45, 7) is 8.83. The second-order valence-electron chi connectivity index (χ2n) is 8.06. The Balaban J connectivity index is 3.87. The monoisotopic (exact) mass is 326 g/mol. The van der Waals surface area contributed by atoms with Crippen molar-refractivity contribution in [3.63, 3.8) is 0 Å². The van der Waals surface area contributed by atoms with Crippen LogP contribution in [0.5, 0.6) is 0 Å². The minimum Gasteiger partial charge on any atom is -0.384 e. The number of hydrogen-bond donors (Lipinski definition) is 0. The van der Waals surface area contributed by atoms with Gasteiger partial charge in [0.15, 0.2) is 0 Å². The fourth-order valence-corrected chi connectivity index (χ4v) is 2.48. The quantitative estimate of drug-likeness (QED) is 0.450. The Morgan fingerprint density at radius 3 is 1.78 bits per heavy atom. The van der Waals surface area contributed by atoms with Gasteiger partial charge in [-0.15, -0.1) is 0 Å². The fraction of sp³-hybridized carbons (Fsp3) is 0.842. The Morgan fingerprint density at radius 1 is 0.870 bits per heavy atom. The Bertz CT molecular complexity index is 383. The molecule has 4 nitrogen and oxygen atoms in total. The van der Waals surface area contributed by atoms with Gasteiger partial charge in [0.2, 0.25) is 0 Å². The first kappa shape index (κ1) is 22.0. The number of ketones is 2. The van der Waals surface area contributed by atoms with E-state index >= 15 is 0 Å². The number of rotatable bonds is 14.